The second-order valence-corrected chi connectivity index (χ2v) is 8.31. The van der Waals surface area contributed by atoms with E-state index in [0.29, 0.717) is 34.9 Å². The molecule has 0 saturated carbocycles. The van der Waals surface area contributed by atoms with Crippen molar-refractivity contribution < 1.29 is 8.42 Å². The number of hydrogen-bond donors (Lipinski definition) is 1. The average molecular weight is 375 g/mol. The van der Waals surface area contributed by atoms with E-state index >= 15 is 0 Å². The van der Waals surface area contributed by atoms with Crippen molar-refractivity contribution in [1.82, 2.24) is 9.62 Å². The highest BCUT2D eigenvalue weighted by Crippen LogP contribution is 2.30. The summed E-state index contributed by atoms with van der Waals surface area (Å²) in [6, 6.07) is 5.52. The van der Waals surface area contributed by atoms with Gasteiger partial charge >= 0.3 is 0 Å². The Hall–Kier alpha value is -0.430. The highest BCUT2D eigenvalue weighted by atomic mass is 79.9. The zero-order valence-corrected chi connectivity index (χ0v) is 15.0. The monoisotopic (exact) mass is 374 g/mol. The molecule has 1 aliphatic heterocycles. The highest BCUT2D eigenvalue weighted by molar-refractivity contribution is 9.10. The van der Waals surface area contributed by atoms with E-state index in [4.69, 9.17) is 0 Å². The van der Waals surface area contributed by atoms with Crippen LogP contribution in [-0.4, -0.2) is 32.9 Å². The molecule has 1 aromatic rings. The first-order valence-electron chi connectivity index (χ1n) is 7.42. The third-order valence-corrected chi connectivity index (χ3v) is 7.04. The second kappa shape index (κ2) is 7.22. The summed E-state index contributed by atoms with van der Waals surface area (Å²) in [5.41, 5.74) is 0.975. The molecule has 0 bridgehead atoms. The number of rotatable bonds is 5. The third-order valence-electron chi connectivity index (χ3n) is 4.15. The standard InChI is InChI=1S/C15H23BrN2O2S/c1-3-12-6-8-18(9-7-12)21(19,20)15-10-13(11-17-2)4-5-14(15)16/h4-5,10,12,17H,3,6-9,11H2,1-2H3. The Kier molecular flexibility index (Phi) is 5.82. The molecule has 0 aromatic heterocycles. The summed E-state index contributed by atoms with van der Waals surface area (Å²) in [5.74, 6) is 0.663. The lowest BCUT2D eigenvalue weighted by atomic mass is 9.96. The van der Waals surface area contributed by atoms with Crippen LogP contribution in [0.2, 0.25) is 0 Å². The molecule has 0 unspecified atom stereocenters. The van der Waals surface area contributed by atoms with E-state index in [2.05, 4.69) is 28.2 Å². The van der Waals surface area contributed by atoms with Gasteiger partial charge in [0.25, 0.3) is 0 Å². The molecule has 0 amide bonds. The number of nitrogens with zero attached hydrogens (tertiary/aromatic N) is 1. The van der Waals surface area contributed by atoms with Gasteiger partial charge in [0.05, 0.1) is 4.90 Å². The van der Waals surface area contributed by atoms with E-state index in [1.807, 2.05) is 19.2 Å². The van der Waals surface area contributed by atoms with Gasteiger partial charge in [-0.05, 0) is 59.4 Å². The minimum atomic E-state index is -3.41. The molecule has 0 aliphatic carbocycles. The molecule has 1 aromatic carbocycles. The summed E-state index contributed by atoms with van der Waals surface area (Å²) in [5, 5.41) is 3.05. The van der Waals surface area contributed by atoms with Crippen LogP contribution in [0.5, 0.6) is 0 Å². The molecule has 1 saturated heterocycles. The fourth-order valence-electron chi connectivity index (χ4n) is 2.76. The molecule has 0 radical (unpaired) electrons. The van der Waals surface area contributed by atoms with Crippen molar-refractivity contribution >= 4 is 26.0 Å². The molecular formula is C15H23BrN2O2S. The SMILES string of the molecule is CCC1CCN(S(=O)(=O)c2cc(CNC)ccc2Br)CC1. The maximum Gasteiger partial charge on any atom is 0.244 e. The van der Waals surface area contributed by atoms with Gasteiger partial charge in [-0.3, -0.25) is 0 Å². The van der Waals surface area contributed by atoms with Gasteiger partial charge < -0.3 is 5.32 Å². The lowest BCUT2D eigenvalue weighted by molar-refractivity contribution is 0.269. The van der Waals surface area contributed by atoms with Crippen LogP contribution in [0.25, 0.3) is 0 Å². The predicted molar refractivity (Wildman–Crippen MR) is 88.7 cm³/mol. The van der Waals surface area contributed by atoms with Crippen molar-refractivity contribution in [3.63, 3.8) is 0 Å². The van der Waals surface area contributed by atoms with Crippen LogP contribution in [0, 0.1) is 5.92 Å². The van der Waals surface area contributed by atoms with Crippen molar-refractivity contribution in [1.29, 1.82) is 0 Å². The topological polar surface area (TPSA) is 49.4 Å². The van der Waals surface area contributed by atoms with Crippen LogP contribution in [0.4, 0.5) is 0 Å². The molecular weight excluding hydrogens is 352 g/mol. The fourth-order valence-corrected chi connectivity index (χ4v) is 5.20. The smallest absolute Gasteiger partial charge is 0.244 e. The number of nitrogens with one attached hydrogen (secondary N) is 1. The van der Waals surface area contributed by atoms with Crippen molar-refractivity contribution in [2.45, 2.75) is 37.6 Å². The van der Waals surface area contributed by atoms with Crippen LogP contribution < -0.4 is 5.32 Å². The van der Waals surface area contributed by atoms with Crippen LogP contribution in [-0.2, 0) is 16.6 Å². The molecule has 21 heavy (non-hydrogen) atoms. The molecule has 0 atom stereocenters. The first-order chi connectivity index (χ1) is 9.98. The second-order valence-electron chi connectivity index (χ2n) is 5.55. The molecule has 1 fully saturated rings. The molecule has 1 aliphatic rings. The zero-order valence-electron chi connectivity index (χ0n) is 12.6. The lowest BCUT2D eigenvalue weighted by Gasteiger charge is -2.31. The van der Waals surface area contributed by atoms with E-state index in [0.717, 1.165) is 24.8 Å². The van der Waals surface area contributed by atoms with Gasteiger partial charge in [-0.1, -0.05) is 19.4 Å². The molecule has 118 valence electrons. The van der Waals surface area contributed by atoms with Crippen molar-refractivity contribution in [2.24, 2.45) is 5.92 Å². The van der Waals surface area contributed by atoms with E-state index in [1.165, 1.54) is 0 Å². The lowest BCUT2D eigenvalue weighted by Crippen LogP contribution is -2.38. The summed E-state index contributed by atoms with van der Waals surface area (Å²) < 4.78 is 27.9. The Bertz CT molecular complexity index is 581. The largest absolute Gasteiger partial charge is 0.316 e. The summed E-state index contributed by atoms with van der Waals surface area (Å²) in [4.78, 5) is 0.380. The Labute approximate surface area is 136 Å². The summed E-state index contributed by atoms with van der Waals surface area (Å²) in [6.45, 7) is 4.09. The first-order valence-corrected chi connectivity index (χ1v) is 9.65. The van der Waals surface area contributed by atoms with E-state index < -0.39 is 10.0 Å². The average Bonchev–Trinajstić information content (AvgIpc) is 2.49. The summed E-state index contributed by atoms with van der Waals surface area (Å²) in [7, 11) is -1.55. The normalized spacial score (nSPS) is 18.0. The van der Waals surface area contributed by atoms with Crippen LogP contribution in [0.3, 0.4) is 0 Å². The zero-order chi connectivity index (χ0) is 15.5. The molecule has 4 nitrogen and oxygen atoms in total. The van der Waals surface area contributed by atoms with Gasteiger partial charge in [0.15, 0.2) is 0 Å². The number of benzene rings is 1. The van der Waals surface area contributed by atoms with E-state index in [1.54, 1.807) is 10.4 Å². The highest BCUT2D eigenvalue weighted by Gasteiger charge is 2.30. The Balaban J connectivity index is 2.25. The van der Waals surface area contributed by atoms with E-state index in [9.17, 15) is 8.42 Å². The molecule has 1 heterocycles. The Morgan fingerprint density at radius 3 is 2.57 bits per heavy atom. The Morgan fingerprint density at radius 1 is 1.33 bits per heavy atom. The summed E-state index contributed by atoms with van der Waals surface area (Å²) in [6.07, 6.45) is 3.06. The number of sulfonamides is 1. The Morgan fingerprint density at radius 2 is 2.00 bits per heavy atom. The van der Waals surface area contributed by atoms with Gasteiger partial charge in [-0.25, -0.2) is 8.42 Å². The van der Waals surface area contributed by atoms with Gasteiger partial charge in [-0.15, -0.1) is 0 Å². The first kappa shape index (κ1) is 16.9. The number of piperidine rings is 1. The molecule has 0 spiro atoms. The molecule has 2 rings (SSSR count). The van der Waals surface area contributed by atoms with Crippen molar-refractivity contribution in [3.8, 4) is 0 Å². The molecule has 1 N–H and O–H groups in total. The number of hydrogen-bond acceptors (Lipinski definition) is 3. The van der Waals surface area contributed by atoms with Crippen LogP contribution in [0.1, 0.15) is 31.7 Å². The minimum absolute atomic E-state index is 0.380. The van der Waals surface area contributed by atoms with Crippen LogP contribution in [0.15, 0.2) is 27.6 Å². The fraction of sp³-hybridized carbons (Fsp3) is 0.600. The third kappa shape index (κ3) is 3.86. The minimum Gasteiger partial charge on any atom is -0.316 e. The van der Waals surface area contributed by atoms with Gasteiger partial charge in [-0.2, -0.15) is 4.31 Å². The molecule has 6 heteroatoms. The van der Waals surface area contributed by atoms with Gasteiger partial charge in [0, 0.05) is 24.1 Å². The van der Waals surface area contributed by atoms with Crippen molar-refractivity contribution in [3.05, 3.63) is 28.2 Å². The number of halogens is 1. The van der Waals surface area contributed by atoms with E-state index in [-0.39, 0.29) is 0 Å². The van der Waals surface area contributed by atoms with Gasteiger partial charge in [0.1, 0.15) is 0 Å². The maximum absolute atomic E-state index is 12.8. The quantitative estimate of drug-likeness (QED) is 0.861. The predicted octanol–water partition coefficient (Wildman–Crippen LogP) is 2.98. The van der Waals surface area contributed by atoms with Gasteiger partial charge in [0.2, 0.25) is 10.0 Å². The maximum atomic E-state index is 12.8. The van der Waals surface area contributed by atoms with Crippen LogP contribution >= 0.6 is 15.9 Å². The summed E-state index contributed by atoms with van der Waals surface area (Å²) >= 11 is 3.38. The van der Waals surface area contributed by atoms with Crippen molar-refractivity contribution in [2.75, 3.05) is 20.1 Å².